The minimum absolute atomic E-state index is 0.366. The molecule has 1 heterocycles. The topological polar surface area (TPSA) is 35.5 Å². The van der Waals surface area contributed by atoms with Crippen LogP contribution in [0.15, 0.2) is 12.5 Å². The molecule has 1 aliphatic heterocycles. The first-order valence-electron chi connectivity index (χ1n) is 2.12. The molecule has 0 N–H and O–H groups in total. The van der Waals surface area contributed by atoms with E-state index < -0.39 is 6.29 Å². The van der Waals surface area contributed by atoms with Gasteiger partial charge < -0.3 is 9.47 Å². The summed E-state index contributed by atoms with van der Waals surface area (Å²) in [6.45, 7) is 3.09. The zero-order valence-corrected chi connectivity index (χ0v) is 4.16. The Morgan fingerprint density at radius 1 is 1.50 bits per heavy atom. The minimum Gasteiger partial charge on any atom is -0.453 e. The van der Waals surface area contributed by atoms with E-state index in [1.54, 1.807) is 0 Å². The van der Waals surface area contributed by atoms with Gasteiger partial charge in [0.1, 0.15) is 12.5 Å². The first kappa shape index (κ1) is 5.15. The van der Waals surface area contributed by atoms with Crippen LogP contribution in [-0.2, 0) is 14.3 Å². The summed E-state index contributed by atoms with van der Waals surface area (Å²) in [7, 11) is 0. The first-order chi connectivity index (χ1) is 3.80. The number of ketones is 1. The number of ether oxygens (including phenoxy) is 2. The summed E-state index contributed by atoms with van der Waals surface area (Å²) >= 11 is 0. The fourth-order valence-electron chi connectivity index (χ4n) is 0.391. The number of hydrogen-bond donors (Lipinski definition) is 0. The van der Waals surface area contributed by atoms with E-state index in [1.807, 2.05) is 0 Å². The monoisotopic (exact) mass is 113 g/mol. The molecule has 0 fully saturated rings. The molecular formula is C5H5O3. The van der Waals surface area contributed by atoms with Crippen LogP contribution in [0.4, 0.5) is 0 Å². The molecule has 0 aromatic rings. The highest BCUT2D eigenvalue weighted by Crippen LogP contribution is 2.04. The molecule has 8 heavy (non-hydrogen) atoms. The fraction of sp³-hybridized carbons (Fsp3) is 0.200. The highest BCUT2D eigenvalue weighted by Gasteiger charge is 2.16. The molecule has 1 radical (unpaired) electrons. The summed E-state index contributed by atoms with van der Waals surface area (Å²) in [5.41, 5.74) is 0. The van der Waals surface area contributed by atoms with Crippen LogP contribution < -0.4 is 0 Å². The molecule has 1 aliphatic rings. The van der Waals surface area contributed by atoms with Crippen molar-refractivity contribution in [2.24, 2.45) is 0 Å². The number of rotatable bonds is 1. The van der Waals surface area contributed by atoms with E-state index in [0.717, 1.165) is 0 Å². The van der Waals surface area contributed by atoms with E-state index in [2.05, 4.69) is 16.4 Å². The highest BCUT2D eigenvalue weighted by atomic mass is 16.7. The lowest BCUT2D eigenvalue weighted by atomic mass is 10.4. The summed E-state index contributed by atoms with van der Waals surface area (Å²) < 4.78 is 9.20. The zero-order chi connectivity index (χ0) is 5.98. The molecule has 1 rings (SSSR count). The van der Waals surface area contributed by atoms with E-state index in [1.165, 1.54) is 12.5 Å². The average molecular weight is 113 g/mol. The van der Waals surface area contributed by atoms with Crippen LogP contribution in [-0.4, -0.2) is 12.1 Å². The van der Waals surface area contributed by atoms with Crippen molar-refractivity contribution in [2.45, 2.75) is 6.29 Å². The number of carbonyl (C=O) groups excluding carboxylic acids is 1. The molecule has 0 saturated carbocycles. The summed E-state index contributed by atoms with van der Waals surface area (Å²) in [5, 5.41) is 0. The van der Waals surface area contributed by atoms with Gasteiger partial charge in [0.2, 0.25) is 5.78 Å². The molecule has 43 valence electrons. The molecule has 0 atom stereocenters. The van der Waals surface area contributed by atoms with Crippen molar-refractivity contribution < 1.29 is 14.3 Å². The summed E-state index contributed by atoms with van der Waals surface area (Å²) in [6, 6.07) is 0. The molecule has 0 spiro atoms. The smallest absolute Gasteiger partial charge is 0.299 e. The molecule has 0 amide bonds. The molecule has 0 bridgehead atoms. The van der Waals surface area contributed by atoms with Crippen LogP contribution in [0.5, 0.6) is 0 Å². The summed E-state index contributed by atoms with van der Waals surface area (Å²) in [6.07, 6.45) is 1.83. The first-order valence-corrected chi connectivity index (χ1v) is 2.12. The predicted octanol–water partition coefficient (Wildman–Crippen LogP) is 0.234. The molecule has 3 nitrogen and oxygen atoms in total. The van der Waals surface area contributed by atoms with Crippen LogP contribution in [0, 0.1) is 6.92 Å². The summed E-state index contributed by atoms with van der Waals surface area (Å²) in [4.78, 5) is 10.2. The second-order valence-corrected chi connectivity index (χ2v) is 1.34. The lowest BCUT2D eigenvalue weighted by molar-refractivity contribution is -0.136. The zero-order valence-electron chi connectivity index (χ0n) is 4.16. The Kier molecular flexibility index (Phi) is 1.20. The Labute approximate surface area is 46.9 Å². The Hall–Kier alpha value is -0.990. The van der Waals surface area contributed by atoms with Gasteiger partial charge in [-0.25, -0.2) is 0 Å². The summed E-state index contributed by atoms with van der Waals surface area (Å²) in [5.74, 6) is -0.366. The van der Waals surface area contributed by atoms with Gasteiger partial charge in [-0.15, -0.1) is 0 Å². The lowest BCUT2D eigenvalue weighted by Gasteiger charge is -2.02. The third kappa shape index (κ3) is 0.804. The molecular weight excluding hydrogens is 108 g/mol. The Bertz CT molecular complexity index is 120. The number of carbonyl (C=O) groups is 1. The van der Waals surface area contributed by atoms with Crippen LogP contribution in [0.25, 0.3) is 0 Å². The van der Waals surface area contributed by atoms with Crippen LogP contribution in [0.1, 0.15) is 0 Å². The highest BCUT2D eigenvalue weighted by molar-refractivity contribution is 5.86. The van der Waals surface area contributed by atoms with E-state index in [4.69, 9.17) is 0 Å². The van der Waals surface area contributed by atoms with Gasteiger partial charge in [0, 0.05) is 6.92 Å². The van der Waals surface area contributed by atoms with Crippen LogP contribution >= 0.6 is 0 Å². The largest absolute Gasteiger partial charge is 0.453 e. The number of hydrogen-bond acceptors (Lipinski definition) is 3. The maximum Gasteiger partial charge on any atom is 0.299 e. The van der Waals surface area contributed by atoms with Crippen molar-refractivity contribution in [1.29, 1.82) is 0 Å². The fourth-order valence-corrected chi connectivity index (χ4v) is 0.391. The van der Waals surface area contributed by atoms with E-state index >= 15 is 0 Å². The van der Waals surface area contributed by atoms with Gasteiger partial charge in [0.25, 0.3) is 6.29 Å². The lowest BCUT2D eigenvalue weighted by Crippen LogP contribution is -2.17. The van der Waals surface area contributed by atoms with Crippen molar-refractivity contribution in [3.63, 3.8) is 0 Å². The Balaban J connectivity index is 2.41. The Morgan fingerprint density at radius 3 is 2.25 bits per heavy atom. The minimum atomic E-state index is -0.796. The van der Waals surface area contributed by atoms with Crippen LogP contribution in [0.2, 0.25) is 0 Å². The third-order valence-corrected chi connectivity index (χ3v) is 0.723. The van der Waals surface area contributed by atoms with Crippen molar-refractivity contribution in [1.82, 2.24) is 0 Å². The number of Topliss-reactive ketones (excluding diaryl/α,β-unsaturated/α-hetero) is 1. The van der Waals surface area contributed by atoms with Gasteiger partial charge in [0.15, 0.2) is 0 Å². The van der Waals surface area contributed by atoms with Gasteiger partial charge in [-0.05, 0) is 0 Å². The molecule has 0 unspecified atom stereocenters. The van der Waals surface area contributed by atoms with Gasteiger partial charge in [0.05, 0.1) is 0 Å². The Morgan fingerprint density at radius 2 is 2.00 bits per heavy atom. The molecule has 0 aromatic carbocycles. The second-order valence-electron chi connectivity index (χ2n) is 1.34. The average Bonchev–Trinajstić information content (AvgIpc) is 2.12. The van der Waals surface area contributed by atoms with Gasteiger partial charge in [-0.3, -0.25) is 4.79 Å². The van der Waals surface area contributed by atoms with E-state index in [-0.39, 0.29) is 5.78 Å². The van der Waals surface area contributed by atoms with E-state index in [0.29, 0.717) is 0 Å². The maximum atomic E-state index is 10.2. The molecule has 0 aliphatic carbocycles. The molecule has 3 heteroatoms. The standard InChI is InChI=1S/C5H5O3/c1-4(6)5-7-2-3-8-5/h2-3,5H,1H2. The molecule has 0 aromatic heterocycles. The quantitative estimate of drug-likeness (QED) is 0.488. The van der Waals surface area contributed by atoms with Gasteiger partial charge >= 0.3 is 0 Å². The third-order valence-electron chi connectivity index (χ3n) is 0.723. The second kappa shape index (κ2) is 1.86. The van der Waals surface area contributed by atoms with Crippen molar-refractivity contribution in [3.05, 3.63) is 19.4 Å². The van der Waals surface area contributed by atoms with Crippen molar-refractivity contribution >= 4 is 5.78 Å². The van der Waals surface area contributed by atoms with Crippen molar-refractivity contribution in [3.8, 4) is 0 Å². The SMILES string of the molecule is [CH2]C(=O)C1OC=CO1. The maximum absolute atomic E-state index is 10.2. The van der Waals surface area contributed by atoms with Crippen LogP contribution in [0.3, 0.4) is 0 Å². The predicted molar refractivity (Wildman–Crippen MR) is 25.5 cm³/mol. The van der Waals surface area contributed by atoms with Gasteiger partial charge in [-0.2, -0.15) is 0 Å². The van der Waals surface area contributed by atoms with Gasteiger partial charge in [-0.1, -0.05) is 0 Å². The van der Waals surface area contributed by atoms with E-state index in [9.17, 15) is 4.79 Å². The normalized spacial score (nSPS) is 17.6. The van der Waals surface area contributed by atoms with Crippen molar-refractivity contribution in [2.75, 3.05) is 0 Å². The molecule has 0 saturated heterocycles.